The van der Waals surface area contributed by atoms with Gasteiger partial charge in [-0.05, 0) is 32.1 Å². The van der Waals surface area contributed by atoms with Crippen molar-refractivity contribution in [1.82, 2.24) is 14.8 Å². The van der Waals surface area contributed by atoms with Gasteiger partial charge in [0.2, 0.25) is 5.95 Å². The van der Waals surface area contributed by atoms with E-state index in [1.807, 2.05) is 0 Å². The van der Waals surface area contributed by atoms with Crippen molar-refractivity contribution in [3.05, 3.63) is 29.8 Å². The topological polar surface area (TPSA) is 42.7 Å². The number of anilines is 1. The van der Waals surface area contributed by atoms with Gasteiger partial charge in [0.15, 0.2) is 5.82 Å². The molecule has 1 aromatic heterocycles. The van der Waals surface area contributed by atoms with E-state index in [1.54, 1.807) is 0 Å². The lowest BCUT2D eigenvalue weighted by atomic mass is 9.95. The Morgan fingerprint density at radius 2 is 1.86 bits per heavy atom. The van der Waals surface area contributed by atoms with E-state index in [2.05, 4.69) is 41.2 Å². The summed E-state index contributed by atoms with van der Waals surface area (Å²) in [6.07, 6.45) is 6.63. The van der Waals surface area contributed by atoms with Crippen LogP contribution in [0.1, 0.15) is 43.7 Å². The van der Waals surface area contributed by atoms with Crippen LogP contribution in [0.15, 0.2) is 24.3 Å². The highest BCUT2D eigenvalue weighted by atomic mass is 15.4. The van der Waals surface area contributed by atoms with Crippen LogP contribution in [-0.2, 0) is 0 Å². The maximum atomic E-state index is 4.82. The normalized spacial score (nSPS) is 22.0. The van der Waals surface area contributed by atoms with E-state index in [4.69, 9.17) is 10.1 Å². The molecule has 0 spiro atoms. The molecule has 4 rings (SSSR count). The van der Waals surface area contributed by atoms with Crippen molar-refractivity contribution in [1.29, 1.82) is 0 Å². The molecule has 1 unspecified atom stereocenters. The second kappa shape index (κ2) is 5.17. The zero-order valence-electron chi connectivity index (χ0n) is 12.5. The van der Waals surface area contributed by atoms with Gasteiger partial charge in [-0.15, -0.1) is 5.10 Å². The van der Waals surface area contributed by atoms with Crippen LogP contribution in [0, 0.1) is 12.8 Å². The molecule has 1 saturated carbocycles. The second-order valence-corrected chi connectivity index (χ2v) is 6.40. The summed E-state index contributed by atoms with van der Waals surface area (Å²) in [6, 6.07) is 9.01. The molecule has 0 radical (unpaired) electrons. The van der Waals surface area contributed by atoms with Crippen molar-refractivity contribution in [2.45, 2.75) is 45.1 Å². The lowest BCUT2D eigenvalue weighted by molar-refractivity contribution is 0.290. The van der Waals surface area contributed by atoms with Crippen molar-refractivity contribution in [2.24, 2.45) is 5.92 Å². The molecule has 1 N–H and O–H groups in total. The summed E-state index contributed by atoms with van der Waals surface area (Å²) < 4.78 is 2.16. The fourth-order valence-corrected chi connectivity index (χ4v) is 3.73. The fraction of sp³-hybridized carbons (Fsp3) is 0.529. The van der Waals surface area contributed by atoms with E-state index >= 15 is 0 Å². The van der Waals surface area contributed by atoms with E-state index in [-0.39, 0.29) is 0 Å². The number of aryl methyl sites for hydroxylation is 1. The predicted octanol–water partition coefficient (Wildman–Crippen LogP) is 3.80. The second-order valence-electron chi connectivity index (χ2n) is 6.40. The number of benzene rings is 1. The number of rotatable bonds is 2. The Balaban J connectivity index is 1.68. The largest absolute Gasteiger partial charge is 0.354 e. The molecule has 1 fully saturated rings. The zero-order valence-corrected chi connectivity index (χ0v) is 12.5. The molecule has 21 heavy (non-hydrogen) atoms. The molecule has 1 aliphatic carbocycles. The first-order valence-corrected chi connectivity index (χ1v) is 8.09. The van der Waals surface area contributed by atoms with Crippen LogP contribution in [-0.4, -0.2) is 21.3 Å². The van der Waals surface area contributed by atoms with Crippen molar-refractivity contribution in [3.8, 4) is 11.4 Å². The lowest BCUT2D eigenvalue weighted by Gasteiger charge is -2.28. The smallest absolute Gasteiger partial charge is 0.221 e. The summed E-state index contributed by atoms with van der Waals surface area (Å²) in [7, 11) is 0. The molecule has 4 heteroatoms. The Morgan fingerprint density at radius 1 is 1.10 bits per heavy atom. The third-order valence-electron chi connectivity index (χ3n) is 4.92. The summed E-state index contributed by atoms with van der Waals surface area (Å²) in [5, 5.41) is 8.23. The van der Waals surface area contributed by atoms with Crippen LogP contribution in [0.3, 0.4) is 0 Å². The van der Waals surface area contributed by atoms with Crippen LogP contribution in [0.5, 0.6) is 0 Å². The third kappa shape index (κ3) is 2.33. The Morgan fingerprint density at radius 3 is 2.62 bits per heavy atom. The average molecular weight is 282 g/mol. The molecular formula is C17H22N4. The van der Waals surface area contributed by atoms with Gasteiger partial charge in [-0.3, -0.25) is 0 Å². The van der Waals surface area contributed by atoms with Crippen molar-refractivity contribution < 1.29 is 0 Å². The van der Waals surface area contributed by atoms with Crippen molar-refractivity contribution in [3.63, 3.8) is 0 Å². The molecule has 110 valence electrons. The van der Waals surface area contributed by atoms with Crippen molar-refractivity contribution in [2.75, 3.05) is 11.9 Å². The van der Waals surface area contributed by atoms with Gasteiger partial charge in [-0.25, -0.2) is 4.68 Å². The van der Waals surface area contributed by atoms with Gasteiger partial charge < -0.3 is 5.32 Å². The first-order valence-electron chi connectivity index (χ1n) is 8.09. The average Bonchev–Trinajstić information content (AvgIpc) is 3.17. The minimum Gasteiger partial charge on any atom is -0.354 e. The quantitative estimate of drug-likeness (QED) is 0.911. The Kier molecular flexibility index (Phi) is 3.17. The van der Waals surface area contributed by atoms with Crippen molar-refractivity contribution >= 4 is 5.95 Å². The van der Waals surface area contributed by atoms with Gasteiger partial charge >= 0.3 is 0 Å². The summed E-state index contributed by atoms with van der Waals surface area (Å²) >= 11 is 0. The zero-order chi connectivity index (χ0) is 14.2. The van der Waals surface area contributed by atoms with Crippen LogP contribution in [0.25, 0.3) is 11.4 Å². The molecule has 2 aromatic rings. The summed E-state index contributed by atoms with van der Waals surface area (Å²) in [4.78, 5) is 4.71. The molecule has 2 aliphatic rings. The minimum atomic E-state index is 0.537. The van der Waals surface area contributed by atoms with E-state index in [9.17, 15) is 0 Å². The highest BCUT2D eigenvalue weighted by Gasteiger charge is 2.31. The van der Waals surface area contributed by atoms with Gasteiger partial charge in [-0.1, -0.05) is 42.7 Å². The van der Waals surface area contributed by atoms with Gasteiger partial charge in [0.25, 0.3) is 0 Å². The summed E-state index contributed by atoms with van der Waals surface area (Å²) in [6.45, 7) is 3.13. The molecule has 0 saturated heterocycles. The number of aromatic nitrogens is 3. The number of nitrogens with one attached hydrogen (secondary N) is 1. The molecule has 1 aliphatic heterocycles. The van der Waals surface area contributed by atoms with E-state index in [0.717, 1.165) is 29.8 Å². The highest BCUT2D eigenvalue weighted by Crippen LogP contribution is 2.39. The van der Waals surface area contributed by atoms with E-state index in [1.165, 1.54) is 37.7 Å². The minimum absolute atomic E-state index is 0.537. The third-order valence-corrected chi connectivity index (χ3v) is 4.92. The Labute approximate surface area is 125 Å². The summed E-state index contributed by atoms with van der Waals surface area (Å²) in [5.74, 6) is 2.59. The standard InChI is InChI=1S/C17H22N4/c1-12-6-8-14(9-7-12)16-19-17-18-11-10-15(21(17)20-16)13-4-2-3-5-13/h6-9,13,15H,2-5,10-11H2,1H3,(H,18,19,20). The maximum absolute atomic E-state index is 4.82. The van der Waals surface area contributed by atoms with Gasteiger partial charge in [0.1, 0.15) is 0 Å². The number of fused-ring (bicyclic) bond motifs is 1. The van der Waals surface area contributed by atoms with Gasteiger partial charge in [-0.2, -0.15) is 4.98 Å². The van der Waals surface area contributed by atoms with Gasteiger partial charge in [0.05, 0.1) is 6.04 Å². The Bertz CT molecular complexity index is 623. The molecule has 0 amide bonds. The van der Waals surface area contributed by atoms with Crippen LogP contribution >= 0.6 is 0 Å². The molecule has 1 aromatic carbocycles. The number of hydrogen-bond donors (Lipinski definition) is 1. The fourth-order valence-electron chi connectivity index (χ4n) is 3.73. The molecular weight excluding hydrogens is 260 g/mol. The van der Waals surface area contributed by atoms with Crippen LogP contribution in [0.2, 0.25) is 0 Å². The lowest BCUT2D eigenvalue weighted by Crippen LogP contribution is -2.28. The SMILES string of the molecule is Cc1ccc(-c2nc3n(n2)C(C2CCCC2)CCN3)cc1. The number of hydrogen-bond acceptors (Lipinski definition) is 3. The maximum Gasteiger partial charge on any atom is 0.221 e. The van der Waals surface area contributed by atoms with Crippen LogP contribution < -0.4 is 5.32 Å². The Hall–Kier alpha value is -1.84. The molecule has 0 bridgehead atoms. The predicted molar refractivity (Wildman–Crippen MR) is 84.3 cm³/mol. The number of nitrogens with zero attached hydrogens (tertiary/aromatic N) is 3. The first-order chi connectivity index (χ1) is 10.3. The highest BCUT2D eigenvalue weighted by molar-refractivity contribution is 5.57. The summed E-state index contributed by atoms with van der Waals surface area (Å²) in [5.41, 5.74) is 2.37. The molecule has 2 heterocycles. The van der Waals surface area contributed by atoms with Crippen LogP contribution in [0.4, 0.5) is 5.95 Å². The van der Waals surface area contributed by atoms with Gasteiger partial charge in [0, 0.05) is 12.1 Å². The monoisotopic (exact) mass is 282 g/mol. The molecule has 1 atom stereocenters. The molecule has 4 nitrogen and oxygen atoms in total. The van der Waals surface area contributed by atoms with E-state index in [0.29, 0.717) is 6.04 Å². The van der Waals surface area contributed by atoms with E-state index < -0.39 is 0 Å². The first kappa shape index (κ1) is 12.9.